The van der Waals surface area contributed by atoms with E-state index >= 15 is 0 Å². The third kappa shape index (κ3) is 4.77. The van der Waals surface area contributed by atoms with Crippen LogP contribution in [0.25, 0.3) is 0 Å². The average Bonchev–Trinajstić information content (AvgIpc) is 2.82. The van der Waals surface area contributed by atoms with Crippen molar-refractivity contribution in [2.75, 3.05) is 30.0 Å². The molecule has 1 heterocycles. The van der Waals surface area contributed by atoms with Crippen molar-refractivity contribution in [2.45, 2.75) is 6.42 Å². The maximum Gasteiger partial charge on any atom is 0.326 e. The lowest BCUT2D eigenvalue weighted by Gasteiger charge is -2.20. The summed E-state index contributed by atoms with van der Waals surface area (Å²) in [7, 11) is 0. The lowest BCUT2D eigenvalue weighted by Crippen LogP contribution is -2.37. The first kappa shape index (κ1) is 19.6. The molecule has 9 heteroatoms. The van der Waals surface area contributed by atoms with Gasteiger partial charge in [0, 0.05) is 5.02 Å². The molecule has 0 unspecified atom stereocenters. The molecule has 7 nitrogen and oxygen atoms in total. The summed E-state index contributed by atoms with van der Waals surface area (Å²) in [6.45, 7) is -0.792. The van der Waals surface area contributed by atoms with Crippen LogP contribution in [0.15, 0.2) is 42.5 Å². The number of nitrogens with one attached hydrogen (secondary N) is 1. The number of para-hydroxylation sites is 2. The zero-order chi connectivity index (χ0) is 20.1. The number of anilines is 2. The van der Waals surface area contributed by atoms with Crippen molar-refractivity contribution in [3.05, 3.63) is 53.3 Å². The van der Waals surface area contributed by atoms with Gasteiger partial charge in [0.25, 0.3) is 5.91 Å². The molecule has 146 valence electrons. The second kappa shape index (κ2) is 8.71. The van der Waals surface area contributed by atoms with Gasteiger partial charge in [-0.05, 0) is 30.3 Å². The second-order valence-corrected chi connectivity index (χ2v) is 6.32. The summed E-state index contributed by atoms with van der Waals surface area (Å²) >= 11 is 5.65. The summed E-state index contributed by atoms with van der Waals surface area (Å²) < 4.78 is 24.1. The van der Waals surface area contributed by atoms with Crippen LogP contribution < -0.4 is 15.0 Å². The molecule has 0 saturated carbocycles. The van der Waals surface area contributed by atoms with Crippen molar-refractivity contribution < 1.29 is 28.2 Å². The average molecular weight is 407 g/mol. The number of esters is 1. The number of amides is 2. The molecule has 1 aliphatic rings. The highest BCUT2D eigenvalue weighted by atomic mass is 35.5. The molecule has 0 spiro atoms. The summed E-state index contributed by atoms with van der Waals surface area (Å²) in [5.74, 6) is -2.03. The Hall–Kier alpha value is -3.13. The molecule has 2 amide bonds. The fourth-order valence-corrected chi connectivity index (χ4v) is 2.75. The minimum absolute atomic E-state index is 0.0841. The van der Waals surface area contributed by atoms with Crippen molar-refractivity contribution in [3.8, 4) is 5.75 Å². The van der Waals surface area contributed by atoms with Gasteiger partial charge in [-0.1, -0.05) is 23.7 Å². The molecule has 1 aliphatic heterocycles. The fraction of sp³-hybridized carbons (Fsp3) is 0.211. The predicted molar refractivity (Wildman–Crippen MR) is 99.9 cm³/mol. The second-order valence-electron chi connectivity index (χ2n) is 5.88. The van der Waals surface area contributed by atoms with Gasteiger partial charge in [0.15, 0.2) is 6.61 Å². The summed E-state index contributed by atoms with van der Waals surface area (Å²) in [5, 5.41) is 2.47. The van der Waals surface area contributed by atoms with E-state index in [0.717, 1.165) is 6.07 Å². The minimum Gasteiger partial charge on any atom is -0.491 e. The third-order valence-corrected chi connectivity index (χ3v) is 4.12. The number of nitrogens with zero attached hydrogens (tertiary/aromatic N) is 1. The first-order valence-corrected chi connectivity index (χ1v) is 8.74. The van der Waals surface area contributed by atoms with Gasteiger partial charge >= 0.3 is 5.97 Å². The van der Waals surface area contributed by atoms with Crippen LogP contribution in [0.4, 0.5) is 15.8 Å². The van der Waals surface area contributed by atoms with Crippen LogP contribution in [0.2, 0.25) is 5.02 Å². The summed E-state index contributed by atoms with van der Waals surface area (Å²) in [4.78, 5) is 37.5. The van der Waals surface area contributed by atoms with E-state index in [2.05, 4.69) is 5.32 Å². The zero-order valence-electron chi connectivity index (χ0n) is 14.6. The van der Waals surface area contributed by atoms with Crippen LogP contribution in [0.3, 0.4) is 0 Å². The highest BCUT2D eigenvalue weighted by molar-refractivity contribution is 6.30. The maximum absolute atomic E-state index is 13.7. The Morgan fingerprint density at radius 3 is 2.82 bits per heavy atom. The smallest absolute Gasteiger partial charge is 0.326 e. The molecule has 0 aromatic heterocycles. The Kier molecular flexibility index (Phi) is 6.10. The third-order valence-electron chi connectivity index (χ3n) is 3.89. The Morgan fingerprint density at radius 2 is 2.04 bits per heavy atom. The molecule has 0 bridgehead atoms. The number of ether oxygens (including phenoxy) is 2. The van der Waals surface area contributed by atoms with E-state index in [1.54, 1.807) is 24.3 Å². The topological polar surface area (TPSA) is 84.9 Å². The van der Waals surface area contributed by atoms with Crippen LogP contribution in [-0.4, -0.2) is 37.5 Å². The van der Waals surface area contributed by atoms with Gasteiger partial charge in [-0.25, -0.2) is 4.39 Å². The van der Waals surface area contributed by atoms with Gasteiger partial charge in [0.05, 0.1) is 24.4 Å². The number of halogens is 2. The van der Waals surface area contributed by atoms with E-state index < -0.39 is 24.3 Å². The molecule has 0 aliphatic carbocycles. The maximum atomic E-state index is 13.7. The molecule has 0 radical (unpaired) electrons. The first-order valence-electron chi connectivity index (χ1n) is 8.37. The number of carbonyl (C=O) groups is 3. The van der Waals surface area contributed by atoms with Gasteiger partial charge in [0.2, 0.25) is 5.91 Å². The number of carbonyl (C=O) groups excluding carboxylic acids is 3. The highest BCUT2D eigenvalue weighted by Crippen LogP contribution is 2.30. The van der Waals surface area contributed by atoms with Crippen molar-refractivity contribution in [1.29, 1.82) is 0 Å². The molecule has 1 N–H and O–H groups in total. The minimum atomic E-state index is -0.781. The number of hydrogen-bond acceptors (Lipinski definition) is 5. The number of benzene rings is 2. The quantitative estimate of drug-likeness (QED) is 0.772. The van der Waals surface area contributed by atoms with Crippen LogP contribution in [-0.2, 0) is 19.1 Å². The van der Waals surface area contributed by atoms with Crippen LogP contribution in [0, 0.1) is 5.82 Å². The van der Waals surface area contributed by atoms with Gasteiger partial charge in [-0.2, -0.15) is 0 Å². The molecule has 2 aromatic carbocycles. The molecule has 0 saturated heterocycles. The lowest BCUT2D eigenvalue weighted by molar-refractivity contribution is -0.146. The van der Waals surface area contributed by atoms with Gasteiger partial charge in [-0.3, -0.25) is 19.3 Å². The summed E-state index contributed by atoms with van der Waals surface area (Å²) in [6.07, 6.45) is 0.109. The van der Waals surface area contributed by atoms with E-state index in [1.165, 1.54) is 17.0 Å². The van der Waals surface area contributed by atoms with E-state index in [0.29, 0.717) is 11.4 Å². The number of rotatable bonds is 5. The van der Waals surface area contributed by atoms with Gasteiger partial charge in [0.1, 0.15) is 18.1 Å². The summed E-state index contributed by atoms with van der Waals surface area (Å²) in [6, 6.07) is 10.6. The van der Waals surface area contributed by atoms with E-state index in [-0.39, 0.29) is 36.2 Å². The first-order chi connectivity index (χ1) is 13.4. The molecule has 2 aromatic rings. The largest absolute Gasteiger partial charge is 0.491 e. The van der Waals surface area contributed by atoms with Crippen molar-refractivity contribution in [2.24, 2.45) is 0 Å². The molecule has 28 heavy (non-hydrogen) atoms. The Balaban J connectivity index is 1.58. The number of fused-ring (bicyclic) bond motifs is 1. The van der Waals surface area contributed by atoms with Gasteiger partial charge in [-0.15, -0.1) is 0 Å². The van der Waals surface area contributed by atoms with Crippen LogP contribution in [0.1, 0.15) is 6.42 Å². The standard InChI is InChI=1S/C19H16ClFN2O5/c20-12-5-6-14(13(21)9-12)22-17(24)11-28-19(26)10-23-15-3-1-2-4-16(15)27-8-7-18(23)25/h1-6,9H,7-8,10-11H2,(H,22,24). The van der Waals surface area contributed by atoms with E-state index in [4.69, 9.17) is 21.1 Å². The fourth-order valence-electron chi connectivity index (χ4n) is 2.59. The molecule has 0 atom stereocenters. The predicted octanol–water partition coefficient (Wildman–Crippen LogP) is 2.78. The monoisotopic (exact) mass is 406 g/mol. The molecular weight excluding hydrogens is 391 g/mol. The van der Waals surface area contributed by atoms with E-state index in [1.807, 2.05) is 0 Å². The SMILES string of the molecule is O=C(COC(=O)CN1C(=O)CCOc2ccccc21)Nc1ccc(Cl)cc1F. The highest BCUT2D eigenvalue weighted by Gasteiger charge is 2.25. The van der Waals surface area contributed by atoms with Gasteiger partial charge < -0.3 is 14.8 Å². The summed E-state index contributed by atoms with van der Waals surface area (Å²) in [5.41, 5.74) is 0.369. The van der Waals surface area contributed by atoms with E-state index in [9.17, 15) is 18.8 Å². The van der Waals surface area contributed by atoms with Crippen LogP contribution in [0.5, 0.6) is 5.75 Å². The van der Waals surface area contributed by atoms with Crippen molar-refractivity contribution in [3.63, 3.8) is 0 Å². The van der Waals surface area contributed by atoms with Crippen molar-refractivity contribution >= 4 is 40.8 Å². The lowest BCUT2D eigenvalue weighted by atomic mass is 10.2. The zero-order valence-corrected chi connectivity index (χ0v) is 15.4. The Morgan fingerprint density at radius 1 is 1.25 bits per heavy atom. The molecule has 0 fully saturated rings. The van der Waals surface area contributed by atoms with Crippen molar-refractivity contribution in [1.82, 2.24) is 0 Å². The number of hydrogen-bond donors (Lipinski definition) is 1. The van der Waals surface area contributed by atoms with Crippen LogP contribution >= 0.6 is 11.6 Å². The normalized spacial score (nSPS) is 13.2. The molecule has 3 rings (SSSR count). The molecular formula is C19H16ClFN2O5. The Labute approximate surface area is 165 Å². The Bertz CT molecular complexity index is 921.